The molecule has 2 rings (SSSR count). The third-order valence-electron chi connectivity index (χ3n) is 2.61. The number of nitrogens with one attached hydrogen (secondary N) is 1. The van der Waals surface area contributed by atoms with Crippen LogP contribution in [0.3, 0.4) is 0 Å². The molecule has 2 aromatic rings. The van der Waals surface area contributed by atoms with E-state index in [1.54, 1.807) is 16.8 Å². The second-order valence-electron chi connectivity index (χ2n) is 5.33. The molecule has 19 heavy (non-hydrogen) atoms. The molecule has 0 radical (unpaired) electrons. The zero-order chi connectivity index (χ0) is 14.2. The first-order valence-corrected chi connectivity index (χ1v) is 6.70. The molecule has 1 amide bonds. The summed E-state index contributed by atoms with van der Waals surface area (Å²) < 4.78 is 7.63. The monoisotopic (exact) mass is 325 g/mol. The Morgan fingerprint density at radius 2 is 2.16 bits per heavy atom. The van der Waals surface area contributed by atoms with Crippen molar-refractivity contribution < 1.29 is 9.21 Å². The van der Waals surface area contributed by atoms with Gasteiger partial charge in [0.1, 0.15) is 0 Å². The van der Waals surface area contributed by atoms with Crippen molar-refractivity contribution >= 4 is 27.7 Å². The van der Waals surface area contributed by atoms with E-state index in [-0.39, 0.29) is 17.2 Å². The van der Waals surface area contributed by atoms with Crippen molar-refractivity contribution in [3.63, 3.8) is 0 Å². The summed E-state index contributed by atoms with van der Waals surface area (Å²) in [6, 6.07) is 3.51. The van der Waals surface area contributed by atoms with E-state index in [0.717, 1.165) is 5.56 Å². The molecule has 2 aromatic heterocycles. The van der Waals surface area contributed by atoms with Gasteiger partial charge in [0.25, 0.3) is 5.91 Å². The van der Waals surface area contributed by atoms with Crippen molar-refractivity contribution in [2.24, 2.45) is 0 Å². The molecule has 0 atom stereocenters. The van der Waals surface area contributed by atoms with Gasteiger partial charge in [0.05, 0.1) is 5.54 Å². The number of halogens is 1. The highest BCUT2D eigenvalue weighted by atomic mass is 79.9. The Hall–Kier alpha value is -1.56. The Bertz CT molecular complexity index is 608. The predicted octanol–water partition coefficient (Wildman–Crippen LogP) is 3.55. The molecule has 0 saturated heterocycles. The molecular weight excluding hydrogens is 310 g/mol. The summed E-state index contributed by atoms with van der Waals surface area (Å²) in [4.78, 5) is 12.0. The van der Waals surface area contributed by atoms with Gasteiger partial charge >= 0.3 is 0 Å². The Balaban J connectivity index is 2.16. The molecule has 0 unspecified atom stereocenters. The standard InChI is InChI=1S/C13H16BrN3O2/c1-8-7-9(14)19-11(8)12(18)15-10-5-6-17(16-10)13(2,3)4/h5-7H,1-4H3,(H,15,16,18). The summed E-state index contributed by atoms with van der Waals surface area (Å²) in [6.45, 7) is 7.94. The maximum Gasteiger partial charge on any atom is 0.292 e. The van der Waals surface area contributed by atoms with Crippen molar-refractivity contribution in [3.8, 4) is 0 Å². The number of nitrogens with zero attached hydrogens (tertiary/aromatic N) is 2. The first-order valence-electron chi connectivity index (χ1n) is 5.91. The van der Waals surface area contributed by atoms with Crippen LogP contribution in [0, 0.1) is 6.92 Å². The number of amides is 1. The van der Waals surface area contributed by atoms with Gasteiger partial charge in [-0.3, -0.25) is 9.48 Å². The number of rotatable bonds is 2. The molecule has 1 N–H and O–H groups in total. The molecule has 0 aromatic carbocycles. The quantitative estimate of drug-likeness (QED) is 0.918. The molecule has 6 heteroatoms. The van der Waals surface area contributed by atoms with Gasteiger partial charge in [-0.25, -0.2) is 0 Å². The van der Waals surface area contributed by atoms with Gasteiger partial charge in [0.15, 0.2) is 16.2 Å². The van der Waals surface area contributed by atoms with Crippen LogP contribution in [-0.2, 0) is 5.54 Å². The highest BCUT2D eigenvalue weighted by Gasteiger charge is 2.18. The van der Waals surface area contributed by atoms with Crippen LogP contribution in [0.2, 0.25) is 0 Å². The average Bonchev–Trinajstić information content (AvgIpc) is 2.84. The fourth-order valence-corrected chi connectivity index (χ4v) is 2.11. The molecular formula is C13H16BrN3O2. The van der Waals surface area contributed by atoms with Crippen LogP contribution in [0.15, 0.2) is 27.4 Å². The van der Waals surface area contributed by atoms with E-state index >= 15 is 0 Å². The summed E-state index contributed by atoms with van der Waals surface area (Å²) in [5, 5.41) is 7.03. The van der Waals surface area contributed by atoms with Gasteiger partial charge in [0, 0.05) is 17.8 Å². The van der Waals surface area contributed by atoms with E-state index in [4.69, 9.17) is 4.42 Å². The van der Waals surface area contributed by atoms with E-state index in [1.165, 1.54) is 0 Å². The van der Waals surface area contributed by atoms with E-state index in [2.05, 4.69) is 26.3 Å². The van der Waals surface area contributed by atoms with Crippen molar-refractivity contribution in [2.45, 2.75) is 33.2 Å². The summed E-state index contributed by atoms with van der Waals surface area (Å²) >= 11 is 3.20. The second kappa shape index (κ2) is 4.85. The van der Waals surface area contributed by atoms with Gasteiger partial charge in [-0.05, 0) is 49.7 Å². The van der Waals surface area contributed by atoms with Crippen LogP contribution in [0.25, 0.3) is 0 Å². The number of hydrogen-bond donors (Lipinski definition) is 1. The molecule has 0 saturated carbocycles. The summed E-state index contributed by atoms with van der Waals surface area (Å²) in [7, 11) is 0. The van der Waals surface area contributed by atoms with Crippen molar-refractivity contribution in [1.82, 2.24) is 9.78 Å². The van der Waals surface area contributed by atoms with Gasteiger partial charge in [0.2, 0.25) is 0 Å². The molecule has 0 fully saturated rings. The average molecular weight is 326 g/mol. The van der Waals surface area contributed by atoms with Gasteiger partial charge in [-0.1, -0.05) is 0 Å². The first-order chi connectivity index (χ1) is 8.77. The molecule has 0 bridgehead atoms. The summed E-state index contributed by atoms with van der Waals surface area (Å²) in [5.74, 6) is 0.492. The van der Waals surface area contributed by atoms with Gasteiger partial charge < -0.3 is 9.73 Å². The van der Waals surface area contributed by atoms with Crippen LogP contribution in [0.1, 0.15) is 36.9 Å². The Morgan fingerprint density at radius 1 is 1.47 bits per heavy atom. The lowest BCUT2D eigenvalue weighted by Gasteiger charge is -2.18. The fourth-order valence-electron chi connectivity index (χ4n) is 1.61. The molecule has 0 spiro atoms. The number of aromatic nitrogens is 2. The third kappa shape index (κ3) is 3.07. The lowest BCUT2D eigenvalue weighted by Crippen LogP contribution is -2.22. The topological polar surface area (TPSA) is 60.1 Å². The lowest BCUT2D eigenvalue weighted by molar-refractivity contribution is 0.0994. The molecule has 0 aliphatic heterocycles. The highest BCUT2D eigenvalue weighted by molar-refractivity contribution is 9.10. The fraction of sp³-hybridized carbons (Fsp3) is 0.385. The Kier molecular flexibility index (Phi) is 3.54. The Labute approximate surface area is 120 Å². The normalized spacial score (nSPS) is 11.6. The van der Waals surface area contributed by atoms with Crippen LogP contribution in [0.5, 0.6) is 0 Å². The minimum Gasteiger partial charge on any atom is -0.444 e. The number of carbonyl (C=O) groups is 1. The van der Waals surface area contributed by atoms with Crippen LogP contribution < -0.4 is 5.32 Å². The van der Waals surface area contributed by atoms with E-state index < -0.39 is 0 Å². The second-order valence-corrected chi connectivity index (χ2v) is 6.11. The maximum absolute atomic E-state index is 12.0. The highest BCUT2D eigenvalue weighted by Crippen LogP contribution is 2.21. The molecule has 0 aliphatic rings. The largest absolute Gasteiger partial charge is 0.444 e. The third-order valence-corrected chi connectivity index (χ3v) is 3.00. The number of carbonyl (C=O) groups excluding carboxylic acids is 1. The number of hydrogen-bond acceptors (Lipinski definition) is 3. The van der Waals surface area contributed by atoms with E-state index in [0.29, 0.717) is 10.5 Å². The smallest absolute Gasteiger partial charge is 0.292 e. The molecule has 2 heterocycles. The van der Waals surface area contributed by atoms with Crippen LogP contribution in [0.4, 0.5) is 5.82 Å². The van der Waals surface area contributed by atoms with Gasteiger partial charge in [-0.2, -0.15) is 5.10 Å². The van der Waals surface area contributed by atoms with Crippen LogP contribution in [-0.4, -0.2) is 15.7 Å². The van der Waals surface area contributed by atoms with Crippen LogP contribution >= 0.6 is 15.9 Å². The van der Waals surface area contributed by atoms with Crippen molar-refractivity contribution in [1.29, 1.82) is 0 Å². The zero-order valence-corrected chi connectivity index (χ0v) is 12.9. The Morgan fingerprint density at radius 3 is 2.63 bits per heavy atom. The minimum atomic E-state index is -0.303. The number of aryl methyl sites for hydroxylation is 1. The van der Waals surface area contributed by atoms with Crippen molar-refractivity contribution in [3.05, 3.63) is 34.3 Å². The molecule has 102 valence electrons. The number of furan rings is 1. The first kappa shape index (κ1) is 13.9. The van der Waals surface area contributed by atoms with Crippen molar-refractivity contribution in [2.75, 3.05) is 5.32 Å². The zero-order valence-electron chi connectivity index (χ0n) is 11.3. The minimum absolute atomic E-state index is 0.118. The van der Waals surface area contributed by atoms with E-state index in [9.17, 15) is 4.79 Å². The predicted molar refractivity (Wildman–Crippen MR) is 76.3 cm³/mol. The SMILES string of the molecule is Cc1cc(Br)oc1C(=O)Nc1ccn(C(C)(C)C)n1. The van der Waals surface area contributed by atoms with Gasteiger partial charge in [-0.15, -0.1) is 0 Å². The maximum atomic E-state index is 12.0. The van der Waals surface area contributed by atoms with E-state index in [1.807, 2.05) is 33.9 Å². The lowest BCUT2D eigenvalue weighted by atomic mass is 10.1. The number of anilines is 1. The molecule has 0 aliphatic carbocycles. The molecule has 5 nitrogen and oxygen atoms in total. The summed E-state index contributed by atoms with van der Waals surface area (Å²) in [6.07, 6.45) is 1.83. The summed E-state index contributed by atoms with van der Waals surface area (Å²) in [5.41, 5.74) is 0.659.